The number of nitrogens with one attached hydrogen (secondary N) is 1. The van der Waals surface area contributed by atoms with Crippen molar-refractivity contribution in [2.75, 3.05) is 0 Å². The zero-order valence-electron chi connectivity index (χ0n) is 9.10. The molecule has 17 heavy (non-hydrogen) atoms. The van der Waals surface area contributed by atoms with E-state index in [9.17, 15) is 9.90 Å². The molecular weight excluding hydrogens is 220 g/mol. The van der Waals surface area contributed by atoms with Crippen molar-refractivity contribution in [3.8, 4) is 11.6 Å². The lowest BCUT2D eigenvalue weighted by Gasteiger charge is -2.03. The Hall–Kier alpha value is -2.43. The largest absolute Gasteiger partial charge is 0.493 e. The lowest BCUT2D eigenvalue weighted by molar-refractivity contribution is 0.451. The summed E-state index contributed by atoms with van der Waals surface area (Å²) < 4.78 is 6.65. The highest BCUT2D eigenvalue weighted by Gasteiger charge is 2.11. The number of hydrogen-bond donors (Lipinski definition) is 2. The number of fused-ring (bicyclic) bond motifs is 1. The Kier molecular flexibility index (Phi) is 1.89. The van der Waals surface area contributed by atoms with Crippen LogP contribution in [0.3, 0.4) is 0 Å². The zero-order valence-corrected chi connectivity index (χ0v) is 9.10. The van der Waals surface area contributed by atoms with Gasteiger partial charge in [-0.2, -0.15) is 0 Å². The van der Waals surface area contributed by atoms with E-state index >= 15 is 0 Å². The Morgan fingerprint density at radius 3 is 2.88 bits per heavy atom. The van der Waals surface area contributed by atoms with Crippen molar-refractivity contribution in [2.24, 2.45) is 0 Å². The van der Waals surface area contributed by atoms with Gasteiger partial charge >= 0.3 is 5.69 Å². The second-order valence-corrected chi connectivity index (χ2v) is 3.84. The van der Waals surface area contributed by atoms with Crippen LogP contribution in [0.25, 0.3) is 16.7 Å². The molecule has 0 aliphatic heterocycles. The van der Waals surface area contributed by atoms with E-state index in [0.29, 0.717) is 11.4 Å². The molecule has 0 radical (unpaired) electrons. The van der Waals surface area contributed by atoms with E-state index in [1.54, 1.807) is 25.3 Å². The van der Waals surface area contributed by atoms with Crippen molar-refractivity contribution in [2.45, 2.75) is 6.92 Å². The van der Waals surface area contributed by atoms with E-state index < -0.39 is 0 Å². The molecule has 1 aromatic carbocycles. The minimum absolute atomic E-state index is 0.109. The number of imidazole rings is 1. The molecule has 0 spiro atoms. The van der Waals surface area contributed by atoms with Gasteiger partial charge in [-0.1, -0.05) is 0 Å². The van der Waals surface area contributed by atoms with E-state index in [1.165, 1.54) is 4.57 Å². The van der Waals surface area contributed by atoms with Crippen molar-refractivity contribution in [1.82, 2.24) is 9.55 Å². The maximum Gasteiger partial charge on any atom is 0.333 e. The van der Waals surface area contributed by atoms with Gasteiger partial charge in [-0.05, 0) is 31.2 Å². The van der Waals surface area contributed by atoms with Crippen molar-refractivity contribution in [3.63, 3.8) is 0 Å². The van der Waals surface area contributed by atoms with Crippen molar-refractivity contribution in [1.29, 1.82) is 0 Å². The highest BCUT2D eigenvalue weighted by molar-refractivity contribution is 5.79. The van der Waals surface area contributed by atoms with E-state index in [2.05, 4.69) is 4.98 Å². The number of benzene rings is 1. The molecule has 0 aliphatic carbocycles. The van der Waals surface area contributed by atoms with Crippen LogP contribution in [0.2, 0.25) is 0 Å². The summed E-state index contributed by atoms with van der Waals surface area (Å²) in [6, 6.07) is 7.22. The molecule has 5 heteroatoms. The zero-order chi connectivity index (χ0) is 12.0. The number of aromatic amines is 1. The van der Waals surface area contributed by atoms with Crippen LogP contribution in [0, 0.1) is 6.92 Å². The Labute approximate surface area is 95.9 Å². The molecule has 0 amide bonds. The lowest BCUT2D eigenvalue weighted by Crippen LogP contribution is -2.15. The SMILES string of the molecule is Cc1c(O)[nH]c(=O)n1-c1ccc2occc2c1. The monoisotopic (exact) mass is 230 g/mol. The summed E-state index contributed by atoms with van der Waals surface area (Å²) in [5.74, 6) is -0.109. The summed E-state index contributed by atoms with van der Waals surface area (Å²) in [4.78, 5) is 14.0. The number of aromatic nitrogens is 2. The van der Waals surface area contributed by atoms with Gasteiger partial charge in [-0.25, -0.2) is 4.79 Å². The fourth-order valence-electron chi connectivity index (χ4n) is 1.91. The minimum Gasteiger partial charge on any atom is -0.493 e. The van der Waals surface area contributed by atoms with Crippen LogP contribution < -0.4 is 5.69 Å². The van der Waals surface area contributed by atoms with E-state index in [0.717, 1.165) is 11.0 Å². The smallest absolute Gasteiger partial charge is 0.333 e. The van der Waals surface area contributed by atoms with Crippen LogP contribution in [-0.2, 0) is 0 Å². The molecule has 3 rings (SSSR count). The molecule has 2 aromatic heterocycles. The number of hydrogen-bond acceptors (Lipinski definition) is 3. The summed E-state index contributed by atoms with van der Waals surface area (Å²) >= 11 is 0. The van der Waals surface area contributed by atoms with Gasteiger partial charge in [0.15, 0.2) is 0 Å². The second-order valence-electron chi connectivity index (χ2n) is 3.84. The summed E-state index contributed by atoms with van der Waals surface area (Å²) in [6.07, 6.45) is 1.60. The maximum atomic E-state index is 11.7. The number of aromatic hydroxyl groups is 1. The molecule has 0 aliphatic rings. The standard InChI is InChI=1S/C12H10N2O3/c1-7-11(15)13-12(16)14(7)9-2-3-10-8(6-9)4-5-17-10/h2-6,15H,1H3,(H,13,16). The quantitative estimate of drug-likeness (QED) is 0.671. The lowest BCUT2D eigenvalue weighted by atomic mass is 10.2. The third-order valence-electron chi connectivity index (χ3n) is 2.80. The first-order chi connectivity index (χ1) is 8.16. The van der Waals surface area contributed by atoms with Gasteiger partial charge in [-0.3, -0.25) is 9.55 Å². The molecular formula is C12H10N2O3. The van der Waals surface area contributed by atoms with Crippen LogP contribution in [0.15, 0.2) is 39.7 Å². The van der Waals surface area contributed by atoms with Crippen LogP contribution in [-0.4, -0.2) is 14.7 Å². The van der Waals surface area contributed by atoms with Crippen LogP contribution in [0.5, 0.6) is 5.88 Å². The van der Waals surface area contributed by atoms with Crippen molar-refractivity contribution < 1.29 is 9.52 Å². The summed E-state index contributed by atoms with van der Waals surface area (Å²) in [7, 11) is 0. The van der Waals surface area contributed by atoms with Gasteiger partial charge in [0, 0.05) is 5.39 Å². The first-order valence-corrected chi connectivity index (χ1v) is 5.15. The normalized spacial score (nSPS) is 11.1. The topological polar surface area (TPSA) is 71.2 Å². The number of furan rings is 1. The molecule has 0 saturated heterocycles. The van der Waals surface area contributed by atoms with Gasteiger partial charge in [0.1, 0.15) is 5.58 Å². The fourth-order valence-corrected chi connectivity index (χ4v) is 1.91. The first kappa shape index (κ1) is 9.77. The molecule has 0 fully saturated rings. The molecule has 2 heterocycles. The molecule has 0 unspecified atom stereocenters. The van der Waals surface area contributed by atoms with E-state index in [-0.39, 0.29) is 11.6 Å². The van der Waals surface area contributed by atoms with Crippen LogP contribution in [0.4, 0.5) is 0 Å². The summed E-state index contributed by atoms with van der Waals surface area (Å²) in [5, 5.41) is 10.4. The predicted molar refractivity (Wildman–Crippen MR) is 62.6 cm³/mol. The summed E-state index contributed by atoms with van der Waals surface area (Å²) in [5.41, 5.74) is 1.58. The predicted octanol–water partition coefficient (Wildman–Crippen LogP) is 1.93. The van der Waals surface area contributed by atoms with E-state index in [4.69, 9.17) is 4.42 Å². The average molecular weight is 230 g/mol. The maximum absolute atomic E-state index is 11.7. The Morgan fingerprint density at radius 1 is 1.35 bits per heavy atom. The van der Waals surface area contributed by atoms with E-state index in [1.807, 2.05) is 12.1 Å². The molecule has 3 aromatic rings. The van der Waals surface area contributed by atoms with Crippen molar-refractivity contribution in [3.05, 3.63) is 46.7 Å². The Bertz CT molecular complexity index is 749. The third kappa shape index (κ3) is 1.36. The number of rotatable bonds is 1. The van der Waals surface area contributed by atoms with Crippen molar-refractivity contribution >= 4 is 11.0 Å². The molecule has 86 valence electrons. The molecule has 2 N–H and O–H groups in total. The van der Waals surface area contributed by atoms with Gasteiger partial charge in [0.05, 0.1) is 17.6 Å². The molecule has 0 bridgehead atoms. The minimum atomic E-state index is -0.358. The number of nitrogens with zero attached hydrogens (tertiary/aromatic N) is 1. The van der Waals surface area contributed by atoms with Gasteiger partial charge in [0.2, 0.25) is 5.88 Å². The fraction of sp³-hybridized carbons (Fsp3) is 0.0833. The second kappa shape index (κ2) is 3.28. The summed E-state index contributed by atoms with van der Waals surface area (Å²) in [6.45, 7) is 1.67. The van der Waals surface area contributed by atoms with Crippen LogP contribution >= 0.6 is 0 Å². The van der Waals surface area contributed by atoms with Gasteiger partial charge < -0.3 is 9.52 Å². The number of H-pyrrole nitrogens is 1. The average Bonchev–Trinajstić information content (AvgIpc) is 2.84. The van der Waals surface area contributed by atoms with Gasteiger partial charge in [0.25, 0.3) is 0 Å². The highest BCUT2D eigenvalue weighted by atomic mass is 16.3. The highest BCUT2D eigenvalue weighted by Crippen LogP contribution is 2.21. The molecule has 0 atom stereocenters. The first-order valence-electron chi connectivity index (χ1n) is 5.15. The molecule has 5 nitrogen and oxygen atoms in total. The Balaban J connectivity index is 2.30. The Morgan fingerprint density at radius 2 is 2.18 bits per heavy atom. The van der Waals surface area contributed by atoms with Gasteiger partial charge in [-0.15, -0.1) is 0 Å². The third-order valence-corrected chi connectivity index (χ3v) is 2.80. The van der Waals surface area contributed by atoms with Crippen LogP contribution in [0.1, 0.15) is 5.69 Å². The molecule has 0 saturated carbocycles.